The molecular weight excluding hydrogens is 496 g/mol. The molecule has 204 valence electrons. The first-order valence-corrected chi connectivity index (χ1v) is 13.5. The van der Waals surface area contributed by atoms with Crippen molar-refractivity contribution < 1.29 is 28.5 Å². The van der Waals surface area contributed by atoms with E-state index in [1.807, 2.05) is 32.0 Å². The molecule has 0 N–H and O–H groups in total. The van der Waals surface area contributed by atoms with Crippen LogP contribution in [0, 0.1) is 19.3 Å². The summed E-state index contributed by atoms with van der Waals surface area (Å²) in [6.45, 7) is 8.62. The summed E-state index contributed by atoms with van der Waals surface area (Å²) in [6.07, 6.45) is 2.05. The highest BCUT2D eigenvalue weighted by molar-refractivity contribution is 5.74. The molecule has 1 unspecified atom stereocenters. The van der Waals surface area contributed by atoms with E-state index in [1.165, 1.54) is 18.2 Å². The maximum Gasteiger partial charge on any atom is 0.316 e. The third-order valence-electron chi connectivity index (χ3n) is 7.97. The second kappa shape index (κ2) is 10.2. The van der Waals surface area contributed by atoms with E-state index in [-0.39, 0.29) is 23.4 Å². The van der Waals surface area contributed by atoms with Crippen LogP contribution in [0.15, 0.2) is 36.4 Å². The van der Waals surface area contributed by atoms with E-state index in [1.54, 1.807) is 0 Å². The number of ether oxygens (including phenoxy) is 5. The minimum absolute atomic E-state index is 0.0112. The van der Waals surface area contributed by atoms with Gasteiger partial charge in [-0.25, -0.2) is 0 Å². The van der Waals surface area contributed by atoms with Gasteiger partial charge in [-0.3, -0.25) is 4.79 Å². The molecule has 0 amide bonds. The lowest BCUT2D eigenvalue weighted by atomic mass is 9.90. The number of esters is 1. The number of methoxy groups -OCH3 is 1. The van der Waals surface area contributed by atoms with Gasteiger partial charge in [0, 0.05) is 28.5 Å². The second-order valence-corrected chi connectivity index (χ2v) is 11.2. The third kappa shape index (κ3) is 4.93. The van der Waals surface area contributed by atoms with Gasteiger partial charge in [0.25, 0.3) is 0 Å². The van der Waals surface area contributed by atoms with Gasteiger partial charge >= 0.3 is 12.0 Å². The lowest BCUT2D eigenvalue weighted by Crippen LogP contribution is -2.44. The first-order chi connectivity index (χ1) is 18.8. The van der Waals surface area contributed by atoms with Crippen molar-refractivity contribution in [2.45, 2.75) is 52.1 Å². The molecule has 39 heavy (non-hydrogen) atoms. The van der Waals surface area contributed by atoms with Gasteiger partial charge in [0.15, 0.2) is 0 Å². The van der Waals surface area contributed by atoms with Crippen LogP contribution in [0.2, 0.25) is 0 Å². The molecule has 1 aliphatic carbocycles. The van der Waals surface area contributed by atoms with Crippen molar-refractivity contribution >= 4 is 5.97 Å². The Balaban J connectivity index is 1.20. The predicted molar refractivity (Wildman–Crippen MR) is 144 cm³/mol. The lowest BCUT2D eigenvalue weighted by molar-refractivity contribution is -0.141. The highest BCUT2D eigenvalue weighted by atomic mass is 16.5. The number of aromatic nitrogens is 2. The molecule has 2 aromatic carbocycles. The highest BCUT2D eigenvalue weighted by Gasteiger charge is 2.35. The van der Waals surface area contributed by atoms with Crippen LogP contribution in [-0.4, -0.2) is 49.5 Å². The van der Waals surface area contributed by atoms with E-state index < -0.39 is 0 Å². The molecule has 1 aromatic heterocycles. The second-order valence-electron chi connectivity index (χ2n) is 11.2. The summed E-state index contributed by atoms with van der Waals surface area (Å²) in [5, 5.41) is 0. The number of rotatable bonds is 8. The first-order valence-electron chi connectivity index (χ1n) is 13.5. The molecule has 1 saturated heterocycles. The number of benzene rings is 2. The topological polar surface area (TPSA) is 89.0 Å². The van der Waals surface area contributed by atoms with Crippen LogP contribution in [0.1, 0.15) is 59.9 Å². The summed E-state index contributed by atoms with van der Waals surface area (Å²) < 4.78 is 28.5. The summed E-state index contributed by atoms with van der Waals surface area (Å²) in [4.78, 5) is 21.1. The van der Waals surface area contributed by atoms with Crippen LogP contribution in [0.25, 0.3) is 11.1 Å². The van der Waals surface area contributed by atoms with Crippen LogP contribution in [0.4, 0.5) is 0 Å². The maximum atomic E-state index is 11.7. The zero-order valence-electron chi connectivity index (χ0n) is 22.9. The smallest absolute Gasteiger partial charge is 0.316 e. The molecule has 0 radical (unpaired) electrons. The van der Waals surface area contributed by atoms with E-state index in [2.05, 4.69) is 25.1 Å². The third-order valence-corrected chi connectivity index (χ3v) is 7.97. The number of carbonyl (C=O) groups excluding carboxylic acids is 1. The molecule has 3 aromatic rings. The Morgan fingerprint density at radius 1 is 1.10 bits per heavy atom. The Bertz CT molecular complexity index is 1390. The SMILES string of the molecule is COC(=O)CC1COc2cc(O[C@@H]3CCc4c(-c5c(C)nc(OCC6(C)COC6)nc5C)cccc43)ccc21. The average Bonchev–Trinajstić information content (AvgIpc) is 3.50. The van der Waals surface area contributed by atoms with Gasteiger partial charge in [-0.1, -0.05) is 31.2 Å². The Kier molecular flexibility index (Phi) is 6.67. The number of nitrogens with zero attached hydrogens (tertiary/aromatic N) is 2. The van der Waals surface area contributed by atoms with Gasteiger partial charge in [-0.15, -0.1) is 0 Å². The number of carbonyl (C=O) groups is 1. The average molecular weight is 531 g/mol. The first kappa shape index (κ1) is 25.6. The highest BCUT2D eigenvalue weighted by Crippen LogP contribution is 2.44. The Morgan fingerprint density at radius 2 is 1.90 bits per heavy atom. The molecule has 6 rings (SSSR count). The normalized spacial score (nSPS) is 20.4. The minimum atomic E-state index is -0.230. The van der Waals surface area contributed by atoms with Crippen LogP contribution in [0.5, 0.6) is 17.5 Å². The zero-order chi connectivity index (χ0) is 27.1. The van der Waals surface area contributed by atoms with Crippen molar-refractivity contribution in [3.63, 3.8) is 0 Å². The summed E-state index contributed by atoms with van der Waals surface area (Å²) in [5.41, 5.74) is 7.55. The van der Waals surface area contributed by atoms with Gasteiger partial charge < -0.3 is 23.7 Å². The quantitative estimate of drug-likeness (QED) is 0.364. The predicted octanol–water partition coefficient (Wildman–Crippen LogP) is 5.28. The summed E-state index contributed by atoms with van der Waals surface area (Å²) in [7, 11) is 1.41. The maximum absolute atomic E-state index is 11.7. The largest absolute Gasteiger partial charge is 0.492 e. The zero-order valence-corrected chi connectivity index (χ0v) is 22.9. The molecule has 2 atom stereocenters. The van der Waals surface area contributed by atoms with Gasteiger partial charge in [0.2, 0.25) is 0 Å². The van der Waals surface area contributed by atoms with Crippen molar-refractivity contribution in [2.24, 2.45) is 5.41 Å². The summed E-state index contributed by atoms with van der Waals surface area (Å²) in [6, 6.07) is 12.7. The Labute approximate surface area is 228 Å². The van der Waals surface area contributed by atoms with E-state index >= 15 is 0 Å². The fourth-order valence-corrected chi connectivity index (χ4v) is 5.83. The molecule has 3 aliphatic rings. The lowest BCUT2D eigenvalue weighted by Gasteiger charge is -2.37. The molecule has 0 bridgehead atoms. The summed E-state index contributed by atoms with van der Waals surface area (Å²) in [5.74, 6) is 1.32. The minimum Gasteiger partial charge on any atom is -0.492 e. The Morgan fingerprint density at radius 3 is 2.62 bits per heavy atom. The number of hydrogen-bond acceptors (Lipinski definition) is 8. The molecule has 1 fully saturated rings. The van der Waals surface area contributed by atoms with Gasteiger partial charge in [0.1, 0.15) is 24.2 Å². The summed E-state index contributed by atoms with van der Waals surface area (Å²) >= 11 is 0. The standard InChI is InChI=1S/C31H34N2O6/c1-18-29(19(2)33-30(32-18)38-17-31(3)15-36-16-31)25-7-5-6-24-23(25)10-11-26(24)39-21-8-9-22-20(12-28(34)35-4)14-37-27(22)13-21/h5-9,13,20,26H,10-12,14-17H2,1-4H3/t20?,26-/m1/s1. The van der Waals surface area contributed by atoms with Crippen LogP contribution < -0.4 is 14.2 Å². The van der Waals surface area contributed by atoms with Crippen molar-refractivity contribution in [1.82, 2.24) is 9.97 Å². The van der Waals surface area contributed by atoms with E-state index in [0.717, 1.165) is 52.4 Å². The molecule has 0 spiro atoms. The Hall–Kier alpha value is -3.65. The fraction of sp³-hybridized carbons (Fsp3) is 0.452. The van der Waals surface area contributed by atoms with E-state index in [9.17, 15) is 4.79 Å². The van der Waals surface area contributed by atoms with Crippen LogP contribution >= 0.6 is 0 Å². The van der Waals surface area contributed by atoms with Gasteiger partial charge in [-0.2, -0.15) is 9.97 Å². The molecule has 8 nitrogen and oxygen atoms in total. The van der Waals surface area contributed by atoms with E-state index in [0.29, 0.717) is 38.9 Å². The van der Waals surface area contributed by atoms with Gasteiger partial charge in [-0.05, 0) is 49.4 Å². The van der Waals surface area contributed by atoms with Crippen molar-refractivity contribution in [3.8, 4) is 28.6 Å². The van der Waals surface area contributed by atoms with Crippen molar-refractivity contribution in [1.29, 1.82) is 0 Å². The number of fused-ring (bicyclic) bond motifs is 2. The van der Waals surface area contributed by atoms with Crippen molar-refractivity contribution in [2.75, 3.05) is 33.5 Å². The van der Waals surface area contributed by atoms with Crippen molar-refractivity contribution in [3.05, 3.63) is 64.5 Å². The molecular formula is C31H34N2O6. The molecule has 0 saturated carbocycles. The number of aryl methyl sites for hydroxylation is 2. The molecule has 8 heteroatoms. The monoisotopic (exact) mass is 530 g/mol. The molecule has 2 aliphatic heterocycles. The fourth-order valence-electron chi connectivity index (χ4n) is 5.83. The van der Waals surface area contributed by atoms with Gasteiger partial charge in [0.05, 0.1) is 44.7 Å². The molecule has 3 heterocycles. The van der Waals surface area contributed by atoms with Crippen LogP contribution in [-0.2, 0) is 20.7 Å². The number of hydrogen-bond donors (Lipinski definition) is 0. The van der Waals surface area contributed by atoms with Crippen LogP contribution in [0.3, 0.4) is 0 Å². The van der Waals surface area contributed by atoms with E-state index in [4.69, 9.17) is 33.7 Å².